The molecule has 0 N–H and O–H groups in total. The highest BCUT2D eigenvalue weighted by molar-refractivity contribution is 9.11. The van der Waals surface area contributed by atoms with Crippen LogP contribution >= 0.6 is 27.3 Å². The zero-order valence-electron chi connectivity index (χ0n) is 9.24. The van der Waals surface area contributed by atoms with Crippen molar-refractivity contribution in [3.63, 3.8) is 0 Å². The first kappa shape index (κ1) is 13.2. The second kappa shape index (κ2) is 6.02. The average molecular weight is 301 g/mol. The standard InChI is InChI=1S/C11H13BrN2OS/c1-8(2)14(5-3-4-13)11(15)9-6-10(12)16-7-9/h6-8H,3,5H2,1-2H3. The lowest BCUT2D eigenvalue weighted by Gasteiger charge is -2.25. The van der Waals surface area contributed by atoms with Gasteiger partial charge in [-0.05, 0) is 35.8 Å². The molecule has 0 spiro atoms. The van der Waals surface area contributed by atoms with Crippen LogP contribution in [0.15, 0.2) is 15.2 Å². The minimum absolute atomic E-state index is 0.00722. The highest BCUT2D eigenvalue weighted by Gasteiger charge is 2.19. The number of nitrogens with zero attached hydrogens (tertiary/aromatic N) is 2. The summed E-state index contributed by atoms with van der Waals surface area (Å²) in [5, 5.41) is 10.4. The van der Waals surface area contributed by atoms with E-state index >= 15 is 0 Å². The molecule has 0 aliphatic carbocycles. The highest BCUT2D eigenvalue weighted by atomic mass is 79.9. The molecule has 1 aromatic heterocycles. The van der Waals surface area contributed by atoms with Gasteiger partial charge in [-0.25, -0.2) is 0 Å². The zero-order valence-corrected chi connectivity index (χ0v) is 11.6. The van der Waals surface area contributed by atoms with Gasteiger partial charge in [-0.3, -0.25) is 4.79 Å². The van der Waals surface area contributed by atoms with Gasteiger partial charge in [0, 0.05) is 18.0 Å². The molecule has 0 fully saturated rings. The summed E-state index contributed by atoms with van der Waals surface area (Å²) in [5.41, 5.74) is 0.684. The maximum Gasteiger partial charge on any atom is 0.255 e. The first-order valence-corrected chi connectivity index (χ1v) is 6.65. The zero-order chi connectivity index (χ0) is 12.1. The van der Waals surface area contributed by atoms with E-state index in [0.717, 1.165) is 3.79 Å². The van der Waals surface area contributed by atoms with Crippen molar-refractivity contribution in [2.75, 3.05) is 6.54 Å². The Balaban J connectivity index is 2.79. The van der Waals surface area contributed by atoms with E-state index in [4.69, 9.17) is 5.26 Å². The fraction of sp³-hybridized carbons (Fsp3) is 0.455. The van der Waals surface area contributed by atoms with Crippen LogP contribution in [-0.4, -0.2) is 23.4 Å². The van der Waals surface area contributed by atoms with Crippen LogP contribution in [0.25, 0.3) is 0 Å². The molecular formula is C11H13BrN2OS. The number of rotatable bonds is 4. The number of carbonyl (C=O) groups excluding carboxylic acids is 1. The van der Waals surface area contributed by atoms with Crippen molar-refractivity contribution in [1.82, 2.24) is 4.90 Å². The van der Waals surface area contributed by atoms with Gasteiger partial charge in [0.1, 0.15) is 0 Å². The largest absolute Gasteiger partial charge is 0.335 e. The van der Waals surface area contributed by atoms with E-state index in [1.54, 1.807) is 4.90 Å². The van der Waals surface area contributed by atoms with Crippen LogP contribution in [0.2, 0.25) is 0 Å². The first-order valence-electron chi connectivity index (χ1n) is 4.98. The first-order chi connectivity index (χ1) is 7.56. The van der Waals surface area contributed by atoms with Crippen LogP contribution in [0.5, 0.6) is 0 Å². The Labute approximate surface area is 108 Å². The highest BCUT2D eigenvalue weighted by Crippen LogP contribution is 2.22. The lowest BCUT2D eigenvalue weighted by molar-refractivity contribution is 0.0711. The van der Waals surface area contributed by atoms with E-state index in [9.17, 15) is 4.79 Å². The van der Waals surface area contributed by atoms with Crippen LogP contribution < -0.4 is 0 Å². The van der Waals surface area contributed by atoms with Gasteiger partial charge in [0.15, 0.2) is 0 Å². The topological polar surface area (TPSA) is 44.1 Å². The normalized spacial score (nSPS) is 10.2. The number of nitriles is 1. The van der Waals surface area contributed by atoms with Crippen LogP contribution in [0.3, 0.4) is 0 Å². The number of halogens is 1. The summed E-state index contributed by atoms with van der Waals surface area (Å²) in [4.78, 5) is 13.8. The number of hydrogen-bond acceptors (Lipinski definition) is 3. The van der Waals surface area contributed by atoms with Crippen molar-refractivity contribution in [3.8, 4) is 6.07 Å². The van der Waals surface area contributed by atoms with Gasteiger partial charge in [-0.1, -0.05) is 0 Å². The van der Waals surface area contributed by atoms with Gasteiger partial charge in [-0.15, -0.1) is 11.3 Å². The molecule has 1 rings (SSSR count). The van der Waals surface area contributed by atoms with Crippen molar-refractivity contribution in [3.05, 3.63) is 20.8 Å². The van der Waals surface area contributed by atoms with Crippen molar-refractivity contribution >= 4 is 33.2 Å². The molecular weight excluding hydrogens is 288 g/mol. The van der Waals surface area contributed by atoms with Crippen molar-refractivity contribution in [2.24, 2.45) is 0 Å². The van der Waals surface area contributed by atoms with Gasteiger partial charge in [0.25, 0.3) is 5.91 Å². The molecule has 1 amide bonds. The third-order valence-electron chi connectivity index (χ3n) is 2.16. The number of thiophene rings is 1. The summed E-state index contributed by atoms with van der Waals surface area (Å²) in [5.74, 6) is -0.00722. The molecule has 5 heteroatoms. The minimum Gasteiger partial charge on any atom is -0.335 e. The third-order valence-corrected chi connectivity index (χ3v) is 3.67. The number of amides is 1. The van der Waals surface area contributed by atoms with Gasteiger partial charge >= 0.3 is 0 Å². The van der Waals surface area contributed by atoms with Crippen LogP contribution in [0.1, 0.15) is 30.6 Å². The maximum absolute atomic E-state index is 12.1. The second-order valence-corrected chi connectivity index (χ2v) is 5.93. The molecule has 0 aromatic carbocycles. The molecule has 0 unspecified atom stereocenters. The Morgan fingerprint density at radius 1 is 1.69 bits per heavy atom. The van der Waals surface area contributed by atoms with E-state index in [2.05, 4.69) is 22.0 Å². The number of hydrogen-bond donors (Lipinski definition) is 0. The summed E-state index contributed by atoms with van der Waals surface area (Å²) in [6.07, 6.45) is 0.370. The molecule has 16 heavy (non-hydrogen) atoms. The molecule has 0 atom stereocenters. The van der Waals surface area contributed by atoms with E-state index in [1.807, 2.05) is 25.3 Å². The Bertz CT molecular complexity index is 408. The van der Waals surface area contributed by atoms with Crippen molar-refractivity contribution in [1.29, 1.82) is 5.26 Å². The molecule has 1 heterocycles. The predicted octanol–water partition coefficient (Wildman–Crippen LogP) is 3.27. The third kappa shape index (κ3) is 3.32. The molecule has 0 saturated heterocycles. The molecule has 3 nitrogen and oxygen atoms in total. The molecule has 0 aliphatic heterocycles. The number of carbonyl (C=O) groups is 1. The predicted molar refractivity (Wildman–Crippen MR) is 68.4 cm³/mol. The molecule has 0 radical (unpaired) electrons. The lowest BCUT2D eigenvalue weighted by atomic mass is 10.2. The fourth-order valence-electron chi connectivity index (χ4n) is 1.35. The van der Waals surface area contributed by atoms with Crippen molar-refractivity contribution in [2.45, 2.75) is 26.3 Å². The van der Waals surface area contributed by atoms with Gasteiger partial charge < -0.3 is 4.90 Å². The average Bonchev–Trinajstić information content (AvgIpc) is 2.64. The van der Waals surface area contributed by atoms with Gasteiger partial charge in [0.05, 0.1) is 21.8 Å². The molecule has 86 valence electrons. The van der Waals surface area contributed by atoms with Crippen molar-refractivity contribution < 1.29 is 4.79 Å². The SMILES string of the molecule is CC(C)N(CCC#N)C(=O)c1csc(Br)c1. The fourth-order valence-corrected chi connectivity index (χ4v) is 2.48. The smallest absolute Gasteiger partial charge is 0.255 e. The Hall–Kier alpha value is -0.860. The Morgan fingerprint density at radius 2 is 2.38 bits per heavy atom. The Kier molecular flexibility index (Phi) is 4.97. The van der Waals surface area contributed by atoms with Crippen LogP contribution in [0.4, 0.5) is 0 Å². The van der Waals surface area contributed by atoms with Crippen LogP contribution in [0, 0.1) is 11.3 Å². The minimum atomic E-state index is -0.00722. The summed E-state index contributed by atoms with van der Waals surface area (Å²) in [6, 6.07) is 3.99. The van der Waals surface area contributed by atoms with Gasteiger partial charge in [-0.2, -0.15) is 5.26 Å². The second-order valence-electron chi connectivity index (χ2n) is 3.64. The summed E-state index contributed by atoms with van der Waals surface area (Å²) in [6.45, 7) is 4.40. The van der Waals surface area contributed by atoms with E-state index in [0.29, 0.717) is 18.5 Å². The summed E-state index contributed by atoms with van der Waals surface area (Å²) < 4.78 is 0.944. The quantitative estimate of drug-likeness (QED) is 0.856. The van der Waals surface area contributed by atoms with E-state index in [-0.39, 0.29) is 11.9 Å². The molecule has 0 aliphatic rings. The molecule has 0 bridgehead atoms. The maximum atomic E-state index is 12.1. The summed E-state index contributed by atoms with van der Waals surface area (Å²) in [7, 11) is 0. The van der Waals surface area contributed by atoms with Gasteiger partial charge in [0.2, 0.25) is 0 Å². The summed E-state index contributed by atoms with van der Waals surface area (Å²) >= 11 is 4.82. The van der Waals surface area contributed by atoms with E-state index in [1.165, 1.54) is 11.3 Å². The lowest BCUT2D eigenvalue weighted by Crippen LogP contribution is -2.37. The monoisotopic (exact) mass is 300 g/mol. The molecule has 1 aromatic rings. The van der Waals surface area contributed by atoms with Crippen LogP contribution in [-0.2, 0) is 0 Å². The Morgan fingerprint density at radius 3 is 2.81 bits per heavy atom. The molecule has 0 saturated carbocycles. The van der Waals surface area contributed by atoms with E-state index < -0.39 is 0 Å².